The molecule has 0 atom stereocenters. The van der Waals surface area contributed by atoms with Crippen LogP contribution in [0.5, 0.6) is 5.75 Å². The topological polar surface area (TPSA) is 145 Å². The number of anilines is 1. The van der Waals surface area contributed by atoms with E-state index < -0.39 is 23.6 Å². The summed E-state index contributed by atoms with van der Waals surface area (Å²) in [5.41, 5.74) is 11.7. The third kappa shape index (κ3) is 5.28. The lowest BCUT2D eigenvalue weighted by atomic mass is 9.93. The summed E-state index contributed by atoms with van der Waals surface area (Å²) in [4.78, 5) is 30.3. The highest BCUT2D eigenvalue weighted by Crippen LogP contribution is 2.38. The van der Waals surface area contributed by atoms with Gasteiger partial charge in [-0.15, -0.1) is 0 Å². The quantitative estimate of drug-likeness (QED) is 0.517. The van der Waals surface area contributed by atoms with Crippen molar-refractivity contribution in [2.24, 2.45) is 11.5 Å². The number of benzene rings is 2. The third-order valence-electron chi connectivity index (χ3n) is 6.12. The molecule has 3 aromatic rings. The van der Waals surface area contributed by atoms with E-state index in [0.717, 1.165) is 6.07 Å². The van der Waals surface area contributed by atoms with E-state index in [1.807, 2.05) is 4.90 Å². The number of pyridine rings is 1. The maximum absolute atomic E-state index is 14.7. The molecule has 37 heavy (non-hydrogen) atoms. The van der Waals surface area contributed by atoms with Gasteiger partial charge in [0.25, 0.3) is 0 Å². The lowest BCUT2D eigenvalue weighted by molar-refractivity contribution is 0.0910. The lowest BCUT2D eigenvalue weighted by Crippen LogP contribution is -2.39. The predicted octanol–water partition coefficient (Wildman–Crippen LogP) is 3.74. The number of nitrogens with zero attached hydrogens (tertiary/aromatic N) is 3. The van der Waals surface area contributed by atoms with Gasteiger partial charge in [0.15, 0.2) is 11.6 Å². The van der Waals surface area contributed by atoms with Crippen LogP contribution in [-0.4, -0.2) is 43.3 Å². The highest BCUT2D eigenvalue weighted by molar-refractivity contribution is 6.04. The number of nitriles is 1. The van der Waals surface area contributed by atoms with E-state index in [0.29, 0.717) is 31.7 Å². The maximum Gasteiger partial charge on any atom is 0.404 e. The Bertz CT molecular complexity index is 1410. The first-order valence-corrected chi connectivity index (χ1v) is 11.3. The SMILES string of the molecule is COc1ccc(-c2c(C(N)=O)cc(N3CCC(OC(N)=O)CC3)nc2-c2ccc(C#N)c(F)c2)cc1F. The molecule has 11 heteroatoms. The van der Waals surface area contributed by atoms with Crippen LogP contribution >= 0.6 is 0 Å². The minimum absolute atomic E-state index is 0.000901. The van der Waals surface area contributed by atoms with Gasteiger partial charge in [0, 0.05) is 37.1 Å². The van der Waals surface area contributed by atoms with Crippen LogP contribution in [0.4, 0.5) is 19.4 Å². The van der Waals surface area contributed by atoms with E-state index in [1.165, 1.54) is 37.4 Å². The molecule has 0 bridgehead atoms. The van der Waals surface area contributed by atoms with Crippen LogP contribution in [0.3, 0.4) is 0 Å². The van der Waals surface area contributed by atoms with E-state index in [-0.39, 0.29) is 45.4 Å². The van der Waals surface area contributed by atoms with E-state index in [4.69, 9.17) is 31.2 Å². The van der Waals surface area contributed by atoms with Gasteiger partial charge in [0.1, 0.15) is 23.8 Å². The maximum atomic E-state index is 14.7. The number of piperidine rings is 1. The molecule has 0 spiro atoms. The number of carbonyl (C=O) groups excluding carboxylic acids is 2. The predicted molar refractivity (Wildman–Crippen MR) is 131 cm³/mol. The number of hydrogen-bond donors (Lipinski definition) is 2. The van der Waals surface area contributed by atoms with E-state index in [9.17, 15) is 18.4 Å². The van der Waals surface area contributed by atoms with Gasteiger partial charge in [-0.1, -0.05) is 12.1 Å². The minimum Gasteiger partial charge on any atom is -0.494 e. The molecule has 0 unspecified atom stereocenters. The fourth-order valence-electron chi connectivity index (χ4n) is 4.33. The fraction of sp³-hybridized carbons (Fsp3) is 0.231. The Hall–Kier alpha value is -4.72. The first-order valence-electron chi connectivity index (χ1n) is 11.3. The average Bonchev–Trinajstić information content (AvgIpc) is 2.88. The van der Waals surface area contributed by atoms with E-state index >= 15 is 0 Å². The number of aromatic nitrogens is 1. The van der Waals surface area contributed by atoms with Crippen LogP contribution < -0.4 is 21.1 Å². The number of amides is 2. The van der Waals surface area contributed by atoms with Crippen molar-refractivity contribution in [1.82, 2.24) is 4.98 Å². The molecular weight excluding hydrogens is 484 g/mol. The zero-order valence-electron chi connectivity index (χ0n) is 19.8. The first-order chi connectivity index (χ1) is 17.7. The molecule has 4 rings (SSSR count). The smallest absolute Gasteiger partial charge is 0.404 e. The number of nitrogens with two attached hydrogens (primary N) is 2. The zero-order valence-corrected chi connectivity index (χ0v) is 19.8. The van der Waals surface area contributed by atoms with Crippen molar-refractivity contribution in [3.63, 3.8) is 0 Å². The van der Waals surface area contributed by atoms with Gasteiger partial charge in [-0.2, -0.15) is 5.26 Å². The number of rotatable bonds is 6. The fourth-order valence-corrected chi connectivity index (χ4v) is 4.33. The van der Waals surface area contributed by atoms with Gasteiger partial charge in [0.05, 0.1) is 23.9 Å². The minimum atomic E-state index is -0.853. The molecule has 1 saturated heterocycles. The molecule has 9 nitrogen and oxygen atoms in total. The normalized spacial score (nSPS) is 13.6. The van der Waals surface area contributed by atoms with Crippen LogP contribution in [0.2, 0.25) is 0 Å². The summed E-state index contributed by atoms with van der Waals surface area (Å²) in [6.45, 7) is 0.863. The number of hydrogen-bond acceptors (Lipinski definition) is 7. The first kappa shape index (κ1) is 25.4. The van der Waals surface area contributed by atoms with Crippen molar-refractivity contribution in [2.75, 3.05) is 25.1 Å². The summed E-state index contributed by atoms with van der Waals surface area (Å²) in [7, 11) is 1.33. The van der Waals surface area contributed by atoms with Crippen LogP contribution in [0, 0.1) is 23.0 Å². The standard InChI is InChI=1S/C26H23F2N5O4/c1-36-21-5-4-14(10-20(21)28)23-18(25(30)34)12-22(33-8-6-17(7-9-33)37-26(31)35)32-24(23)15-2-3-16(13-29)19(27)11-15/h2-5,10-12,17H,6-9H2,1H3,(H2,30,34)(H2,31,35). The highest BCUT2D eigenvalue weighted by Gasteiger charge is 2.26. The Morgan fingerprint density at radius 2 is 1.73 bits per heavy atom. The summed E-state index contributed by atoms with van der Waals surface area (Å²) in [6.07, 6.45) is -0.252. The van der Waals surface area contributed by atoms with Crippen LogP contribution in [0.25, 0.3) is 22.4 Å². The van der Waals surface area contributed by atoms with E-state index in [1.54, 1.807) is 12.1 Å². The molecule has 4 N–H and O–H groups in total. The average molecular weight is 507 g/mol. The second kappa shape index (κ2) is 10.5. The molecule has 2 amide bonds. The number of carbonyl (C=O) groups is 2. The highest BCUT2D eigenvalue weighted by atomic mass is 19.1. The van der Waals surface area contributed by atoms with Gasteiger partial charge in [-0.05, 0) is 35.9 Å². The molecule has 1 aliphatic rings. The van der Waals surface area contributed by atoms with Gasteiger partial charge in [0.2, 0.25) is 5.91 Å². The molecular formula is C26H23F2N5O4. The third-order valence-corrected chi connectivity index (χ3v) is 6.12. The van der Waals surface area contributed by atoms with Crippen molar-refractivity contribution >= 4 is 17.8 Å². The second-order valence-corrected chi connectivity index (χ2v) is 8.39. The Kier molecular flexibility index (Phi) is 7.20. The van der Waals surface area contributed by atoms with Crippen LogP contribution in [0.15, 0.2) is 42.5 Å². The summed E-state index contributed by atoms with van der Waals surface area (Å²) < 4.78 is 39.3. The number of primary amides is 2. The lowest BCUT2D eigenvalue weighted by Gasteiger charge is -2.33. The molecule has 0 radical (unpaired) electrons. The largest absolute Gasteiger partial charge is 0.494 e. The summed E-state index contributed by atoms with van der Waals surface area (Å²) in [5, 5.41) is 9.13. The second-order valence-electron chi connectivity index (χ2n) is 8.39. The van der Waals surface area contributed by atoms with Crippen molar-refractivity contribution in [1.29, 1.82) is 5.26 Å². The summed E-state index contributed by atoms with van der Waals surface area (Å²) in [5.74, 6) is -1.86. The van der Waals surface area contributed by atoms with Crippen LogP contribution in [0.1, 0.15) is 28.8 Å². The number of methoxy groups -OCH3 is 1. The molecule has 2 aromatic carbocycles. The summed E-state index contributed by atoms with van der Waals surface area (Å²) in [6, 6.07) is 11.3. The zero-order chi connectivity index (χ0) is 26.7. The Balaban J connectivity index is 1.88. The van der Waals surface area contributed by atoms with Crippen LogP contribution in [-0.2, 0) is 4.74 Å². The Morgan fingerprint density at radius 3 is 2.30 bits per heavy atom. The van der Waals surface area contributed by atoms with E-state index in [2.05, 4.69) is 0 Å². The molecule has 0 saturated carbocycles. The molecule has 2 heterocycles. The summed E-state index contributed by atoms with van der Waals surface area (Å²) >= 11 is 0. The van der Waals surface area contributed by atoms with Gasteiger partial charge < -0.3 is 25.8 Å². The van der Waals surface area contributed by atoms with Crippen molar-refractivity contribution < 1.29 is 27.8 Å². The molecule has 0 aliphatic carbocycles. The molecule has 1 aliphatic heterocycles. The van der Waals surface area contributed by atoms with Crippen molar-refractivity contribution in [3.8, 4) is 34.2 Å². The Morgan fingerprint density at radius 1 is 1.05 bits per heavy atom. The monoisotopic (exact) mass is 507 g/mol. The van der Waals surface area contributed by atoms with Crippen molar-refractivity contribution in [3.05, 3.63) is 65.2 Å². The number of ether oxygens (including phenoxy) is 2. The molecule has 1 aromatic heterocycles. The van der Waals surface area contributed by atoms with Gasteiger partial charge >= 0.3 is 6.09 Å². The molecule has 1 fully saturated rings. The number of halogens is 2. The molecule has 190 valence electrons. The van der Waals surface area contributed by atoms with Crippen molar-refractivity contribution in [2.45, 2.75) is 18.9 Å². The van der Waals surface area contributed by atoms with Gasteiger partial charge in [-0.3, -0.25) is 4.79 Å². The Labute approximate surface area is 211 Å². The van der Waals surface area contributed by atoms with Gasteiger partial charge in [-0.25, -0.2) is 18.6 Å².